The van der Waals surface area contributed by atoms with E-state index in [0.29, 0.717) is 12.1 Å². The third-order valence-electron chi connectivity index (χ3n) is 7.37. The van der Waals surface area contributed by atoms with Crippen molar-refractivity contribution in [3.05, 3.63) is 54.0 Å². The van der Waals surface area contributed by atoms with Crippen molar-refractivity contribution < 1.29 is 9.15 Å². The van der Waals surface area contributed by atoms with Gasteiger partial charge in [-0.25, -0.2) is 0 Å². The highest BCUT2D eigenvalue weighted by Gasteiger charge is 2.29. The number of methoxy groups -OCH3 is 1. The Hall–Kier alpha value is -1.78. The van der Waals surface area contributed by atoms with Crippen LogP contribution in [-0.2, 0) is 13.1 Å². The van der Waals surface area contributed by atoms with Crippen LogP contribution in [0.4, 0.5) is 0 Å². The number of nitrogens with zero attached hydrogens (tertiary/aromatic N) is 1. The molecule has 0 aliphatic heterocycles. The van der Waals surface area contributed by atoms with Crippen molar-refractivity contribution in [2.24, 2.45) is 17.6 Å². The lowest BCUT2D eigenvalue weighted by Gasteiger charge is -2.38. The molecule has 4 rings (SSSR count). The second-order valence-corrected chi connectivity index (χ2v) is 9.52. The number of furan rings is 1. The lowest BCUT2D eigenvalue weighted by atomic mass is 9.75. The van der Waals surface area contributed by atoms with E-state index in [2.05, 4.69) is 35.2 Å². The van der Waals surface area contributed by atoms with Gasteiger partial charge in [-0.3, -0.25) is 4.90 Å². The maximum absolute atomic E-state index is 6.10. The topological polar surface area (TPSA) is 51.6 Å². The normalized spacial score (nSPS) is 27.3. The highest BCUT2D eigenvalue weighted by molar-refractivity contribution is 5.27. The summed E-state index contributed by atoms with van der Waals surface area (Å²) in [5.74, 6) is 3.81. The van der Waals surface area contributed by atoms with Crippen molar-refractivity contribution in [2.75, 3.05) is 7.11 Å². The highest BCUT2D eigenvalue weighted by atomic mass is 16.5. The van der Waals surface area contributed by atoms with Gasteiger partial charge in [-0.15, -0.1) is 0 Å². The molecule has 0 spiro atoms. The SMILES string of the molecule is COc1ccc(CN(Cc2ccco2)C2CCC(CC3CCC(N)CC3)CC2)cc1. The maximum atomic E-state index is 6.10. The summed E-state index contributed by atoms with van der Waals surface area (Å²) in [6.45, 7) is 1.84. The molecular formula is C26H38N2O2. The van der Waals surface area contributed by atoms with Crippen LogP contribution in [0.3, 0.4) is 0 Å². The molecule has 0 amide bonds. The molecule has 2 saturated carbocycles. The first kappa shape index (κ1) is 21.5. The fourth-order valence-corrected chi connectivity index (χ4v) is 5.52. The van der Waals surface area contributed by atoms with Crippen LogP contribution in [0.15, 0.2) is 47.1 Å². The zero-order valence-corrected chi connectivity index (χ0v) is 18.5. The molecule has 0 bridgehead atoms. The fraction of sp³-hybridized carbons (Fsp3) is 0.615. The summed E-state index contributed by atoms with van der Waals surface area (Å²) in [4.78, 5) is 2.62. The molecular weight excluding hydrogens is 372 g/mol. The Balaban J connectivity index is 1.33. The summed E-state index contributed by atoms with van der Waals surface area (Å²) in [6, 6.07) is 13.7. The molecule has 4 nitrogen and oxygen atoms in total. The van der Waals surface area contributed by atoms with E-state index in [0.717, 1.165) is 36.4 Å². The zero-order chi connectivity index (χ0) is 20.8. The summed E-state index contributed by atoms with van der Waals surface area (Å²) in [6.07, 6.45) is 13.7. The predicted molar refractivity (Wildman–Crippen MR) is 121 cm³/mol. The Labute approximate surface area is 181 Å². The van der Waals surface area contributed by atoms with E-state index in [9.17, 15) is 0 Å². The van der Waals surface area contributed by atoms with Crippen LogP contribution in [0.1, 0.15) is 69.1 Å². The van der Waals surface area contributed by atoms with E-state index >= 15 is 0 Å². The van der Waals surface area contributed by atoms with Crippen molar-refractivity contribution in [2.45, 2.75) is 83.0 Å². The van der Waals surface area contributed by atoms with Crippen molar-refractivity contribution in [3.8, 4) is 5.75 Å². The minimum absolute atomic E-state index is 0.463. The first-order chi connectivity index (χ1) is 14.7. The minimum Gasteiger partial charge on any atom is -0.497 e. The van der Waals surface area contributed by atoms with Crippen LogP contribution < -0.4 is 10.5 Å². The Morgan fingerprint density at radius 3 is 2.17 bits per heavy atom. The van der Waals surface area contributed by atoms with Gasteiger partial charge >= 0.3 is 0 Å². The number of hydrogen-bond donors (Lipinski definition) is 1. The Morgan fingerprint density at radius 1 is 0.900 bits per heavy atom. The molecule has 2 fully saturated rings. The molecule has 1 aromatic carbocycles. The van der Waals surface area contributed by atoms with Gasteiger partial charge in [0, 0.05) is 18.6 Å². The van der Waals surface area contributed by atoms with Crippen LogP contribution in [0.25, 0.3) is 0 Å². The second-order valence-electron chi connectivity index (χ2n) is 9.52. The lowest BCUT2D eigenvalue weighted by Crippen LogP contribution is -2.37. The molecule has 164 valence electrons. The smallest absolute Gasteiger partial charge is 0.118 e. The van der Waals surface area contributed by atoms with Gasteiger partial charge in [0.25, 0.3) is 0 Å². The van der Waals surface area contributed by atoms with E-state index in [-0.39, 0.29) is 0 Å². The van der Waals surface area contributed by atoms with Crippen LogP contribution in [0.2, 0.25) is 0 Å². The van der Waals surface area contributed by atoms with Crippen LogP contribution in [0.5, 0.6) is 5.75 Å². The molecule has 0 unspecified atom stereocenters. The summed E-state index contributed by atoms with van der Waals surface area (Å²) in [7, 11) is 1.72. The van der Waals surface area contributed by atoms with Gasteiger partial charge in [-0.1, -0.05) is 12.1 Å². The Morgan fingerprint density at radius 2 is 1.57 bits per heavy atom. The molecule has 1 heterocycles. The van der Waals surface area contributed by atoms with E-state index in [1.807, 2.05) is 6.07 Å². The molecule has 1 aromatic heterocycles. The van der Waals surface area contributed by atoms with Gasteiger partial charge in [0.15, 0.2) is 0 Å². The van der Waals surface area contributed by atoms with Gasteiger partial charge < -0.3 is 14.9 Å². The summed E-state index contributed by atoms with van der Waals surface area (Å²) < 4.78 is 11.0. The van der Waals surface area contributed by atoms with Crippen molar-refractivity contribution in [1.82, 2.24) is 4.90 Å². The van der Waals surface area contributed by atoms with E-state index in [4.69, 9.17) is 14.9 Å². The second kappa shape index (κ2) is 10.5. The summed E-state index contributed by atoms with van der Waals surface area (Å²) >= 11 is 0. The molecule has 0 radical (unpaired) electrons. The average Bonchev–Trinajstić information content (AvgIpc) is 3.29. The summed E-state index contributed by atoms with van der Waals surface area (Å²) in [5, 5.41) is 0. The maximum Gasteiger partial charge on any atom is 0.118 e. The van der Waals surface area contributed by atoms with E-state index in [1.54, 1.807) is 13.4 Å². The van der Waals surface area contributed by atoms with E-state index in [1.165, 1.54) is 63.4 Å². The van der Waals surface area contributed by atoms with Crippen LogP contribution in [-0.4, -0.2) is 24.1 Å². The Bertz CT molecular complexity index is 727. The number of nitrogens with two attached hydrogens (primary N) is 1. The van der Waals surface area contributed by atoms with Gasteiger partial charge in [-0.2, -0.15) is 0 Å². The first-order valence-corrected chi connectivity index (χ1v) is 11.8. The molecule has 0 saturated heterocycles. The monoisotopic (exact) mass is 410 g/mol. The third kappa shape index (κ3) is 5.89. The fourth-order valence-electron chi connectivity index (χ4n) is 5.52. The molecule has 30 heavy (non-hydrogen) atoms. The van der Waals surface area contributed by atoms with Gasteiger partial charge in [0.1, 0.15) is 11.5 Å². The van der Waals surface area contributed by atoms with Gasteiger partial charge in [0.2, 0.25) is 0 Å². The number of hydrogen-bond acceptors (Lipinski definition) is 4. The van der Waals surface area contributed by atoms with Crippen molar-refractivity contribution in [3.63, 3.8) is 0 Å². The van der Waals surface area contributed by atoms with Crippen LogP contribution in [0, 0.1) is 11.8 Å². The quantitative estimate of drug-likeness (QED) is 0.601. The molecule has 4 heteroatoms. The molecule has 2 aliphatic carbocycles. The van der Waals surface area contributed by atoms with Gasteiger partial charge in [-0.05, 0) is 99.5 Å². The number of rotatable bonds is 8. The molecule has 2 aliphatic rings. The average molecular weight is 411 g/mol. The molecule has 2 aromatic rings. The van der Waals surface area contributed by atoms with Crippen molar-refractivity contribution >= 4 is 0 Å². The standard InChI is InChI=1S/C26H38N2O2/c1-29-25-14-8-22(9-15-25)18-28(19-26-3-2-16-30-26)24-12-6-21(7-13-24)17-20-4-10-23(27)11-5-20/h2-3,8-9,14-16,20-21,23-24H,4-7,10-13,17-19,27H2,1H3. The largest absolute Gasteiger partial charge is 0.497 e. The lowest BCUT2D eigenvalue weighted by molar-refractivity contribution is 0.104. The Kier molecular flexibility index (Phi) is 7.51. The predicted octanol–water partition coefficient (Wildman–Crippen LogP) is 5.76. The van der Waals surface area contributed by atoms with Crippen molar-refractivity contribution in [1.29, 1.82) is 0 Å². The molecule has 0 atom stereocenters. The number of ether oxygens (including phenoxy) is 1. The number of benzene rings is 1. The van der Waals surface area contributed by atoms with E-state index < -0.39 is 0 Å². The van der Waals surface area contributed by atoms with Crippen LogP contribution >= 0.6 is 0 Å². The molecule has 2 N–H and O–H groups in total. The highest BCUT2D eigenvalue weighted by Crippen LogP contribution is 2.37. The van der Waals surface area contributed by atoms with Gasteiger partial charge in [0.05, 0.1) is 19.9 Å². The third-order valence-corrected chi connectivity index (χ3v) is 7.37. The minimum atomic E-state index is 0.463. The first-order valence-electron chi connectivity index (χ1n) is 11.8. The summed E-state index contributed by atoms with van der Waals surface area (Å²) in [5.41, 5.74) is 7.43. The zero-order valence-electron chi connectivity index (χ0n) is 18.5.